The topological polar surface area (TPSA) is 78.9 Å². The molecule has 0 bridgehead atoms. The molecule has 6 nitrogen and oxygen atoms in total. The van der Waals surface area contributed by atoms with Crippen LogP contribution in [0.4, 0.5) is 11.8 Å². The molecule has 3 rings (SSSR count). The van der Waals surface area contributed by atoms with Crippen molar-refractivity contribution >= 4 is 28.4 Å². The maximum atomic E-state index is 12.3. The summed E-state index contributed by atoms with van der Waals surface area (Å²) in [6, 6.07) is 15.6. The van der Waals surface area contributed by atoms with Gasteiger partial charge >= 0.3 is 0 Å². The summed E-state index contributed by atoms with van der Waals surface area (Å²) in [7, 11) is 0. The SMILES string of the molecule is CCNc1cc(C)nc(NCCNC(=O)c2ccc3ccccc3c2)n1. The van der Waals surface area contributed by atoms with E-state index in [1.807, 2.05) is 62.4 Å². The Hall–Kier alpha value is -3.15. The summed E-state index contributed by atoms with van der Waals surface area (Å²) in [6.45, 7) is 5.79. The number of benzene rings is 2. The van der Waals surface area contributed by atoms with Gasteiger partial charge < -0.3 is 16.0 Å². The van der Waals surface area contributed by atoms with Crippen LogP contribution in [0, 0.1) is 6.92 Å². The van der Waals surface area contributed by atoms with Gasteiger partial charge in [0.15, 0.2) is 0 Å². The van der Waals surface area contributed by atoms with Gasteiger partial charge in [0.2, 0.25) is 5.95 Å². The lowest BCUT2D eigenvalue weighted by molar-refractivity contribution is 0.0955. The van der Waals surface area contributed by atoms with Crippen LogP contribution in [-0.2, 0) is 0 Å². The number of nitrogens with zero attached hydrogens (tertiary/aromatic N) is 2. The second-order valence-corrected chi connectivity index (χ2v) is 5.99. The van der Waals surface area contributed by atoms with E-state index < -0.39 is 0 Å². The molecule has 6 heteroatoms. The normalized spacial score (nSPS) is 10.5. The standard InChI is InChI=1S/C20H23N5O/c1-3-21-18-12-14(2)24-20(25-18)23-11-10-22-19(26)17-9-8-15-6-4-5-7-16(15)13-17/h4-9,12-13H,3,10-11H2,1-2H3,(H,22,26)(H2,21,23,24,25). The van der Waals surface area contributed by atoms with Crippen LogP contribution in [0.15, 0.2) is 48.5 Å². The first-order valence-corrected chi connectivity index (χ1v) is 8.76. The largest absolute Gasteiger partial charge is 0.370 e. The van der Waals surface area contributed by atoms with Crippen molar-refractivity contribution in [1.29, 1.82) is 0 Å². The first-order chi connectivity index (χ1) is 12.7. The fourth-order valence-corrected chi connectivity index (χ4v) is 2.70. The Morgan fingerprint density at radius 2 is 1.77 bits per heavy atom. The van der Waals surface area contributed by atoms with Crippen LogP contribution in [-0.4, -0.2) is 35.5 Å². The van der Waals surface area contributed by atoms with Gasteiger partial charge in [0.25, 0.3) is 5.91 Å². The van der Waals surface area contributed by atoms with Gasteiger partial charge in [0, 0.05) is 37.0 Å². The van der Waals surface area contributed by atoms with E-state index in [4.69, 9.17) is 0 Å². The molecule has 1 amide bonds. The van der Waals surface area contributed by atoms with Crippen molar-refractivity contribution in [3.8, 4) is 0 Å². The summed E-state index contributed by atoms with van der Waals surface area (Å²) >= 11 is 0. The number of hydrogen-bond acceptors (Lipinski definition) is 5. The first-order valence-electron chi connectivity index (χ1n) is 8.76. The lowest BCUT2D eigenvalue weighted by Gasteiger charge is -2.10. The fraction of sp³-hybridized carbons (Fsp3) is 0.250. The molecule has 0 saturated heterocycles. The van der Waals surface area contributed by atoms with E-state index in [9.17, 15) is 4.79 Å². The van der Waals surface area contributed by atoms with Gasteiger partial charge in [-0.3, -0.25) is 4.79 Å². The zero-order valence-corrected chi connectivity index (χ0v) is 15.0. The highest BCUT2D eigenvalue weighted by Crippen LogP contribution is 2.15. The molecule has 134 valence electrons. The van der Waals surface area contributed by atoms with Crippen LogP contribution >= 0.6 is 0 Å². The van der Waals surface area contributed by atoms with Crippen molar-refractivity contribution in [2.75, 3.05) is 30.3 Å². The van der Waals surface area contributed by atoms with Crippen molar-refractivity contribution in [3.05, 3.63) is 59.8 Å². The number of anilines is 2. The highest BCUT2D eigenvalue weighted by atomic mass is 16.1. The number of carbonyl (C=O) groups is 1. The summed E-state index contributed by atoms with van der Waals surface area (Å²) in [5.74, 6) is 1.26. The quantitative estimate of drug-likeness (QED) is 0.571. The smallest absolute Gasteiger partial charge is 0.251 e. The van der Waals surface area contributed by atoms with Crippen LogP contribution in [0.2, 0.25) is 0 Å². The highest BCUT2D eigenvalue weighted by molar-refractivity contribution is 5.98. The molecule has 1 heterocycles. The molecular weight excluding hydrogens is 326 g/mol. The minimum absolute atomic E-state index is 0.0870. The third-order valence-electron chi connectivity index (χ3n) is 3.92. The minimum Gasteiger partial charge on any atom is -0.370 e. The zero-order valence-electron chi connectivity index (χ0n) is 15.0. The zero-order chi connectivity index (χ0) is 18.4. The highest BCUT2D eigenvalue weighted by Gasteiger charge is 2.06. The molecule has 0 fully saturated rings. The van der Waals surface area contributed by atoms with E-state index >= 15 is 0 Å². The lowest BCUT2D eigenvalue weighted by Crippen LogP contribution is -2.29. The summed E-state index contributed by atoms with van der Waals surface area (Å²) in [6.07, 6.45) is 0. The van der Waals surface area contributed by atoms with Crippen molar-refractivity contribution in [3.63, 3.8) is 0 Å². The van der Waals surface area contributed by atoms with Crippen LogP contribution < -0.4 is 16.0 Å². The average molecular weight is 349 g/mol. The van der Waals surface area contributed by atoms with Crippen LogP contribution in [0.5, 0.6) is 0 Å². The molecule has 0 atom stereocenters. The number of aryl methyl sites for hydroxylation is 1. The number of nitrogens with one attached hydrogen (secondary N) is 3. The Kier molecular flexibility index (Phi) is 5.63. The van der Waals surface area contributed by atoms with Crippen LogP contribution in [0.3, 0.4) is 0 Å². The molecule has 1 aromatic heterocycles. The molecule has 0 spiro atoms. The Balaban J connectivity index is 1.53. The van der Waals surface area contributed by atoms with Crippen molar-refractivity contribution in [1.82, 2.24) is 15.3 Å². The number of carbonyl (C=O) groups excluding carboxylic acids is 1. The number of fused-ring (bicyclic) bond motifs is 1. The van der Waals surface area contributed by atoms with Gasteiger partial charge in [0.05, 0.1) is 0 Å². The van der Waals surface area contributed by atoms with Crippen molar-refractivity contribution in [2.45, 2.75) is 13.8 Å². The first kappa shape index (κ1) is 17.7. The van der Waals surface area contributed by atoms with E-state index in [2.05, 4.69) is 25.9 Å². The minimum atomic E-state index is -0.0870. The van der Waals surface area contributed by atoms with E-state index in [-0.39, 0.29) is 5.91 Å². The molecule has 26 heavy (non-hydrogen) atoms. The fourth-order valence-electron chi connectivity index (χ4n) is 2.70. The monoisotopic (exact) mass is 349 g/mol. The van der Waals surface area contributed by atoms with Crippen LogP contribution in [0.1, 0.15) is 23.0 Å². The second kappa shape index (κ2) is 8.29. The molecule has 0 aliphatic heterocycles. The van der Waals surface area contributed by atoms with Crippen molar-refractivity contribution in [2.24, 2.45) is 0 Å². The molecule has 0 saturated carbocycles. The molecule has 0 radical (unpaired) electrons. The molecule has 0 aliphatic carbocycles. The van der Waals surface area contributed by atoms with Crippen molar-refractivity contribution < 1.29 is 4.79 Å². The van der Waals surface area contributed by atoms with Crippen LogP contribution in [0.25, 0.3) is 10.8 Å². The average Bonchev–Trinajstić information content (AvgIpc) is 2.64. The van der Waals surface area contributed by atoms with Gasteiger partial charge in [-0.25, -0.2) is 4.98 Å². The third-order valence-corrected chi connectivity index (χ3v) is 3.92. The predicted octanol–water partition coefficient (Wildman–Crippen LogP) is 3.21. The molecule has 3 aromatic rings. The van der Waals surface area contributed by atoms with E-state index in [0.29, 0.717) is 24.6 Å². The number of amides is 1. The predicted molar refractivity (Wildman–Crippen MR) is 106 cm³/mol. The second-order valence-electron chi connectivity index (χ2n) is 5.99. The van der Waals surface area contributed by atoms with E-state index in [1.165, 1.54) is 0 Å². The lowest BCUT2D eigenvalue weighted by atomic mass is 10.1. The number of hydrogen-bond donors (Lipinski definition) is 3. The summed E-state index contributed by atoms with van der Waals surface area (Å²) in [5, 5.41) is 11.4. The molecule has 3 N–H and O–H groups in total. The number of aromatic nitrogens is 2. The van der Waals surface area contributed by atoms with Gasteiger partial charge in [-0.15, -0.1) is 0 Å². The Morgan fingerprint density at radius 1 is 0.962 bits per heavy atom. The molecular formula is C20H23N5O. The Labute approximate surface area is 153 Å². The van der Waals surface area contributed by atoms with Gasteiger partial charge in [-0.05, 0) is 36.8 Å². The molecule has 2 aromatic carbocycles. The Morgan fingerprint density at radius 3 is 2.58 bits per heavy atom. The maximum Gasteiger partial charge on any atom is 0.251 e. The summed E-state index contributed by atoms with van der Waals surface area (Å²) < 4.78 is 0. The van der Waals surface area contributed by atoms with Gasteiger partial charge in [0.1, 0.15) is 5.82 Å². The molecule has 0 unspecified atom stereocenters. The maximum absolute atomic E-state index is 12.3. The van der Waals surface area contributed by atoms with Gasteiger partial charge in [-0.2, -0.15) is 4.98 Å². The molecule has 0 aliphatic rings. The van der Waals surface area contributed by atoms with E-state index in [0.717, 1.165) is 28.8 Å². The summed E-state index contributed by atoms with van der Waals surface area (Å²) in [5.41, 5.74) is 1.54. The van der Waals surface area contributed by atoms with E-state index in [1.54, 1.807) is 0 Å². The third kappa shape index (κ3) is 4.47. The number of rotatable bonds is 7. The summed E-state index contributed by atoms with van der Waals surface area (Å²) in [4.78, 5) is 21.0. The van der Waals surface area contributed by atoms with Gasteiger partial charge in [-0.1, -0.05) is 30.3 Å². The Bertz CT molecular complexity index is 910.